The van der Waals surface area contributed by atoms with Gasteiger partial charge >= 0.3 is 0 Å². The van der Waals surface area contributed by atoms with E-state index in [4.69, 9.17) is 10.8 Å². The van der Waals surface area contributed by atoms with Gasteiger partial charge in [0, 0.05) is 12.1 Å². The molecule has 1 amide bonds. The van der Waals surface area contributed by atoms with Crippen molar-refractivity contribution in [3.05, 3.63) is 18.2 Å². The molecule has 0 aromatic heterocycles. The number of aromatic hydroxyl groups is 1. The zero-order valence-electron chi connectivity index (χ0n) is 7.37. The number of anilines is 2. The smallest absolute Gasteiger partial charge is 0.224 e. The molecule has 1 aromatic rings. The van der Waals surface area contributed by atoms with Crippen LogP contribution in [0.25, 0.3) is 0 Å². The van der Waals surface area contributed by atoms with Gasteiger partial charge in [0.25, 0.3) is 0 Å². The molecule has 0 aliphatic heterocycles. The molecule has 70 valence electrons. The minimum atomic E-state index is -0.0786. The van der Waals surface area contributed by atoms with Crippen molar-refractivity contribution in [1.29, 1.82) is 0 Å². The lowest BCUT2D eigenvalue weighted by Crippen LogP contribution is -2.09. The summed E-state index contributed by atoms with van der Waals surface area (Å²) >= 11 is 0. The molecule has 0 saturated carbocycles. The van der Waals surface area contributed by atoms with E-state index in [1.807, 2.05) is 0 Å². The Labute approximate surface area is 76.4 Å². The SMILES string of the molecule is CCC(=O)Nc1ccc(O)c(N)c1. The largest absolute Gasteiger partial charge is 0.506 e. The highest BCUT2D eigenvalue weighted by atomic mass is 16.3. The Bertz CT molecular complexity index is 323. The van der Waals surface area contributed by atoms with Gasteiger partial charge in [0.05, 0.1) is 5.69 Å². The van der Waals surface area contributed by atoms with E-state index < -0.39 is 0 Å². The number of nitrogen functional groups attached to an aromatic ring is 1. The van der Waals surface area contributed by atoms with Gasteiger partial charge in [0.15, 0.2) is 0 Å². The van der Waals surface area contributed by atoms with Crippen LogP contribution in [0.5, 0.6) is 5.75 Å². The maximum atomic E-state index is 11.0. The number of hydrogen-bond acceptors (Lipinski definition) is 3. The molecule has 1 aromatic carbocycles. The molecule has 0 atom stereocenters. The number of carbonyl (C=O) groups excluding carboxylic acids is 1. The van der Waals surface area contributed by atoms with E-state index in [1.165, 1.54) is 12.1 Å². The van der Waals surface area contributed by atoms with Crippen LogP contribution in [-0.2, 0) is 4.79 Å². The third kappa shape index (κ3) is 2.37. The zero-order chi connectivity index (χ0) is 9.84. The molecule has 0 aliphatic rings. The number of phenolic OH excluding ortho intramolecular Hbond substituents is 1. The molecule has 0 unspecified atom stereocenters. The van der Waals surface area contributed by atoms with Gasteiger partial charge in [-0.15, -0.1) is 0 Å². The molecule has 1 rings (SSSR count). The van der Waals surface area contributed by atoms with Crippen LogP contribution in [0.3, 0.4) is 0 Å². The number of nitrogens with two attached hydrogens (primary N) is 1. The molecule has 0 fully saturated rings. The second kappa shape index (κ2) is 3.80. The van der Waals surface area contributed by atoms with E-state index in [1.54, 1.807) is 13.0 Å². The van der Waals surface area contributed by atoms with Crippen molar-refractivity contribution in [1.82, 2.24) is 0 Å². The highest BCUT2D eigenvalue weighted by Crippen LogP contribution is 2.23. The summed E-state index contributed by atoms with van der Waals surface area (Å²) in [5.41, 5.74) is 6.29. The van der Waals surface area contributed by atoms with Crippen LogP contribution >= 0.6 is 0 Å². The quantitative estimate of drug-likeness (QED) is 0.365. The fourth-order valence-corrected chi connectivity index (χ4v) is 0.882. The van der Waals surface area contributed by atoms with Gasteiger partial charge in [0.1, 0.15) is 5.75 Å². The fourth-order valence-electron chi connectivity index (χ4n) is 0.882. The van der Waals surface area contributed by atoms with E-state index in [0.717, 1.165) is 0 Å². The summed E-state index contributed by atoms with van der Waals surface area (Å²) in [6.07, 6.45) is 0.417. The van der Waals surface area contributed by atoms with Gasteiger partial charge in [-0.1, -0.05) is 6.92 Å². The first-order chi connectivity index (χ1) is 6.13. The molecule has 0 spiro atoms. The lowest BCUT2D eigenvalue weighted by Gasteiger charge is -2.04. The van der Waals surface area contributed by atoms with Crippen LogP contribution in [-0.4, -0.2) is 11.0 Å². The molecule has 0 radical (unpaired) electrons. The summed E-state index contributed by atoms with van der Waals surface area (Å²) in [4.78, 5) is 11.0. The average Bonchev–Trinajstić information content (AvgIpc) is 2.11. The lowest BCUT2D eigenvalue weighted by atomic mass is 10.2. The topological polar surface area (TPSA) is 75.3 Å². The van der Waals surface area contributed by atoms with Gasteiger partial charge in [-0.2, -0.15) is 0 Å². The first kappa shape index (κ1) is 9.38. The summed E-state index contributed by atoms with van der Waals surface area (Å²) in [5, 5.41) is 11.7. The molecule has 0 aliphatic carbocycles. The van der Waals surface area contributed by atoms with Crippen molar-refractivity contribution in [2.45, 2.75) is 13.3 Å². The number of hydrogen-bond donors (Lipinski definition) is 3. The number of rotatable bonds is 2. The van der Waals surface area contributed by atoms with Gasteiger partial charge in [-0.05, 0) is 18.2 Å². The Morgan fingerprint density at radius 1 is 1.62 bits per heavy atom. The second-order valence-corrected chi connectivity index (χ2v) is 2.68. The van der Waals surface area contributed by atoms with Crippen LogP contribution in [0.15, 0.2) is 18.2 Å². The molecular weight excluding hydrogens is 168 g/mol. The van der Waals surface area contributed by atoms with E-state index in [2.05, 4.69) is 5.32 Å². The highest BCUT2D eigenvalue weighted by molar-refractivity contribution is 5.91. The number of nitrogens with one attached hydrogen (secondary N) is 1. The first-order valence-electron chi connectivity index (χ1n) is 4.02. The number of amides is 1. The van der Waals surface area contributed by atoms with Crippen LogP contribution in [0.1, 0.15) is 13.3 Å². The molecule has 0 heterocycles. The number of carbonyl (C=O) groups is 1. The fraction of sp³-hybridized carbons (Fsp3) is 0.222. The van der Waals surface area contributed by atoms with E-state index >= 15 is 0 Å². The average molecular weight is 180 g/mol. The van der Waals surface area contributed by atoms with Crippen LogP contribution in [0.2, 0.25) is 0 Å². The summed E-state index contributed by atoms with van der Waals surface area (Å²) in [6.45, 7) is 1.76. The minimum Gasteiger partial charge on any atom is -0.506 e. The Balaban J connectivity index is 2.79. The van der Waals surface area contributed by atoms with Crippen LogP contribution in [0, 0.1) is 0 Å². The third-order valence-corrected chi connectivity index (χ3v) is 1.63. The van der Waals surface area contributed by atoms with E-state index in [9.17, 15) is 4.79 Å². The third-order valence-electron chi connectivity index (χ3n) is 1.63. The van der Waals surface area contributed by atoms with Gasteiger partial charge in [-0.25, -0.2) is 0 Å². The van der Waals surface area contributed by atoms with Crippen molar-refractivity contribution in [3.8, 4) is 5.75 Å². The Hall–Kier alpha value is -1.71. The molecule has 13 heavy (non-hydrogen) atoms. The first-order valence-corrected chi connectivity index (χ1v) is 4.02. The van der Waals surface area contributed by atoms with Crippen molar-refractivity contribution >= 4 is 17.3 Å². The summed E-state index contributed by atoms with van der Waals surface area (Å²) < 4.78 is 0. The van der Waals surface area contributed by atoms with Gasteiger partial charge in [0.2, 0.25) is 5.91 Å². The normalized spacial score (nSPS) is 9.62. The van der Waals surface area contributed by atoms with Crippen LogP contribution < -0.4 is 11.1 Å². The maximum Gasteiger partial charge on any atom is 0.224 e. The second-order valence-electron chi connectivity index (χ2n) is 2.68. The van der Waals surface area contributed by atoms with Crippen molar-refractivity contribution < 1.29 is 9.90 Å². The summed E-state index contributed by atoms with van der Waals surface area (Å²) in [5.74, 6) is -0.0559. The van der Waals surface area contributed by atoms with Crippen molar-refractivity contribution in [3.63, 3.8) is 0 Å². The summed E-state index contributed by atoms with van der Waals surface area (Å²) in [7, 11) is 0. The monoisotopic (exact) mass is 180 g/mol. The Kier molecular flexibility index (Phi) is 2.74. The number of phenols is 1. The zero-order valence-corrected chi connectivity index (χ0v) is 7.37. The molecule has 4 nitrogen and oxygen atoms in total. The highest BCUT2D eigenvalue weighted by Gasteiger charge is 2.01. The molecular formula is C9H12N2O2. The predicted octanol–water partition coefficient (Wildman–Crippen LogP) is 1.32. The predicted molar refractivity (Wildman–Crippen MR) is 51.4 cm³/mol. The van der Waals surface area contributed by atoms with E-state index in [0.29, 0.717) is 12.1 Å². The van der Waals surface area contributed by atoms with Gasteiger partial charge < -0.3 is 16.2 Å². The molecule has 4 heteroatoms. The molecule has 0 saturated heterocycles. The van der Waals surface area contributed by atoms with Gasteiger partial charge in [-0.3, -0.25) is 4.79 Å². The lowest BCUT2D eigenvalue weighted by molar-refractivity contribution is -0.115. The Morgan fingerprint density at radius 3 is 2.85 bits per heavy atom. The number of benzene rings is 1. The van der Waals surface area contributed by atoms with Crippen molar-refractivity contribution in [2.75, 3.05) is 11.1 Å². The Morgan fingerprint density at radius 2 is 2.31 bits per heavy atom. The maximum absolute atomic E-state index is 11.0. The summed E-state index contributed by atoms with van der Waals surface area (Å²) in [6, 6.07) is 4.56. The molecule has 0 bridgehead atoms. The molecule has 4 N–H and O–H groups in total. The minimum absolute atomic E-state index is 0.0227. The van der Waals surface area contributed by atoms with Crippen LogP contribution in [0.4, 0.5) is 11.4 Å². The van der Waals surface area contributed by atoms with E-state index in [-0.39, 0.29) is 17.3 Å². The standard InChI is InChI=1S/C9H12N2O2/c1-2-9(13)11-6-3-4-8(12)7(10)5-6/h3-5,12H,2,10H2,1H3,(H,11,13). The van der Waals surface area contributed by atoms with Crippen molar-refractivity contribution in [2.24, 2.45) is 0 Å².